The minimum atomic E-state index is -0.945. The number of thioether (sulfide) groups is 1. The Morgan fingerprint density at radius 1 is 1.30 bits per heavy atom. The minimum Gasteiger partial charge on any atom is -0.344 e. The van der Waals surface area contributed by atoms with Crippen molar-refractivity contribution in [2.75, 3.05) is 19.3 Å². The molecule has 0 aliphatic rings. The van der Waals surface area contributed by atoms with E-state index < -0.39 is 17.2 Å². The molecular weight excluding hydrogens is 434 g/mol. The van der Waals surface area contributed by atoms with Crippen molar-refractivity contribution in [2.45, 2.75) is 11.6 Å². The highest BCUT2D eigenvalue weighted by Gasteiger charge is 2.19. The van der Waals surface area contributed by atoms with Crippen molar-refractivity contribution < 1.29 is 13.6 Å². The Labute approximate surface area is 179 Å². The van der Waals surface area contributed by atoms with Gasteiger partial charge in [-0.05, 0) is 30.3 Å². The fourth-order valence-electron chi connectivity index (χ4n) is 2.69. The number of aromatic nitrogens is 2. The van der Waals surface area contributed by atoms with E-state index in [1.54, 1.807) is 19.2 Å². The van der Waals surface area contributed by atoms with Crippen LogP contribution >= 0.6 is 23.4 Å². The van der Waals surface area contributed by atoms with E-state index in [2.05, 4.69) is 4.98 Å². The Bertz CT molecular complexity index is 1230. The Morgan fingerprint density at radius 3 is 2.77 bits per heavy atom. The fourth-order valence-corrected chi connectivity index (χ4v) is 3.81. The second-order valence-corrected chi connectivity index (χ2v) is 7.68. The molecule has 1 amide bonds. The summed E-state index contributed by atoms with van der Waals surface area (Å²) < 4.78 is 28.9. The Morgan fingerprint density at radius 2 is 2.07 bits per heavy atom. The summed E-state index contributed by atoms with van der Waals surface area (Å²) >= 11 is 6.92. The van der Waals surface area contributed by atoms with Gasteiger partial charge in [-0.1, -0.05) is 23.4 Å². The summed E-state index contributed by atoms with van der Waals surface area (Å²) in [5.41, 5.74) is -0.458. The van der Waals surface area contributed by atoms with Gasteiger partial charge >= 0.3 is 0 Å². The van der Waals surface area contributed by atoms with Crippen molar-refractivity contribution in [2.24, 2.45) is 0 Å². The number of hydrogen-bond acceptors (Lipinski definition) is 5. The number of amides is 1. The zero-order chi connectivity index (χ0) is 21.8. The summed E-state index contributed by atoms with van der Waals surface area (Å²) in [6.07, 6.45) is 0.188. The molecule has 0 unspecified atom stereocenters. The van der Waals surface area contributed by atoms with Gasteiger partial charge < -0.3 is 4.90 Å². The van der Waals surface area contributed by atoms with Crippen LogP contribution < -0.4 is 5.56 Å². The number of nitrogens with zero attached hydrogens (tertiary/aromatic N) is 4. The lowest BCUT2D eigenvalue weighted by molar-refractivity contribution is -0.127. The molecule has 1 heterocycles. The summed E-state index contributed by atoms with van der Waals surface area (Å²) in [6, 6.07) is 9.32. The standard InChI is InChI=1S/C20H15ClF2N4O2S/c1-26(8-2-7-24)18(28)11-30-20-25-16-5-3-12(21)9-14(16)19(29)27(20)17-6-4-13(22)10-15(17)23/h3-6,9-10H,2,8,11H2,1H3. The Kier molecular flexibility index (Phi) is 6.70. The molecule has 154 valence electrons. The normalized spacial score (nSPS) is 10.8. The van der Waals surface area contributed by atoms with Crippen LogP contribution in [0.2, 0.25) is 5.02 Å². The van der Waals surface area contributed by atoms with Crippen LogP contribution in [0.25, 0.3) is 16.6 Å². The lowest BCUT2D eigenvalue weighted by Gasteiger charge is -2.17. The first kappa shape index (κ1) is 21.7. The first-order valence-electron chi connectivity index (χ1n) is 8.73. The zero-order valence-electron chi connectivity index (χ0n) is 15.7. The third-order valence-corrected chi connectivity index (χ3v) is 5.42. The maximum Gasteiger partial charge on any atom is 0.266 e. The number of carbonyl (C=O) groups excluding carboxylic acids is 1. The highest BCUT2D eigenvalue weighted by Crippen LogP contribution is 2.24. The first-order valence-corrected chi connectivity index (χ1v) is 10.1. The largest absolute Gasteiger partial charge is 0.344 e. The molecule has 0 atom stereocenters. The second kappa shape index (κ2) is 9.24. The van der Waals surface area contributed by atoms with E-state index in [0.29, 0.717) is 16.6 Å². The van der Waals surface area contributed by atoms with Crippen molar-refractivity contribution in [3.8, 4) is 11.8 Å². The number of carbonyl (C=O) groups is 1. The second-order valence-electron chi connectivity index (χ2n) is 6.30. The molecule has 3 aromatic rings. The van der Waals surface area contributed by atoms with Crippen molar-refractivity contribution >= 4 is 40.2 Å². The lowest BCUT2D eigenvalue weighted by atomic mass is 10.2. The van der Waals surface area contributed by atoms with Crippen molar-refractivity contribution in [3.05, 3.63) is 63.4 Å². The maximum atomic E-state index is 14.5. The summed E-state index contributed by atoms with van der Waals surface area (Å²) in [6.45, 7) is 0.263. The van der Waals surface area contributed by atoms with Gasteiger partial charge in [0, 0.05) is 24.7 Å². The molecule has 0 saturated heterocycles. The van der Waals surface area contributed by atoms with E-state index in [9.17, 15) is 18.4 Å². The molecular formula is C20H15ClF2N4O2S. The Balaban J connectivity index is 2.08. The predicted octanol–water partition coefficient (Wildman–Crippen LogP) is 3.78. The number of halogens is 3. The summed E-state index contributed by atoms with van der Waals surface area (Å²) in [7, 11) is 1.56. The lowest BCUT2D eigenvalue weighted by Crippen LogP contribution is -2.29. The van der Waals surface area contributed by atoms with E-state index >= 15 is 0 Å². The van der Waals surface area contributed by atoms with Crippen LogP contribution in [0.1, 0.15) is 6.42 Å². The van der Waals surface area contributed by atoms with Crippen LogP contribution in [0.15, 0.2) is 46.3 Å². The number of nitriles is 1. The van der Waals surface area contributed by atoms with Crippen molar-refractivity contribution in [1.82, 2.24) is 14.5 Å². The summed E-state index contributed by atoms with van der Waals surface area (Å²) in [5, 5.41) is 9.19. The van der Waals surface area contributed by atoms with Gasteiger partial charge in [0.25, 0.3) is 5.56 Å². The van der Waals surface area contributed by atoms with E-state index in [1.807, 2.05) is 6.07 Å². The first-order chi connectivity index (χ1) is 14.3. The molecule has 1 aromatic heterocycles. The highest BCUT2D eigenvalue weighted by molar-refractivity contribution is 7.99. The van der Waals surface area contributed by atoms with Gasteiger partial charge in [0.15, 0.2) is 5.16 Å². The summed E-state index contributed by atoms with van der Waals surface area (Å²) in [4.78, 5) is 31.2. The number of benzene rings is 2. The molecule has 0 saturated carbocycles. The molecule has 0 bridgehead atoms. The van der Waals surface area contributed by atoms with Crippen molar-refractivity contribution in [1.29, 1.82) is 5.26 Å². The molecule has 2 aromatic carbocycles. The van der Waals surface area contributed by atoms with Crippen LogP contribution in [0.3, 0.4) is 0 Å². The van der Waals surface area contributed by atoms with Crippen LogP contribution in [0, 0.1) is 23.0 Å². The number of fused-ring (bicyclic) bond motifs is 1. The van der Waals surface area contributed by atoms with E-state index in [1.165, 1.54) is 11.0 Å². The van der Waals surface area contributed by atoms with E-state index in [-0.39, 0.29) is 40.9 Å². The van der Waals surface area contributed by atoms with Gasteiger partial charge in [-0.3, -0.25) is 14.2 Å². The molecule has 0 N–H and O–H groups in total. The molecule has 0 aliphatic carbocycles. The van der Waals surface area contributed by atoms with Gasteiger partial charge in [0.2, 0.25) is 5.91 Å². The molecule has 30 heavy (non-hydrogen) atoms. The van der Waals surface area contributed by atoms with Gasteiger partial charge in [-0.25, -0.2) is 13.8 Å². The average molecular weight is 449 g/mol. The van der Waals surface area contributed by atoms with Crippen LogP contribution in [0.5, 0.6) is 0 Å². The van der Waals surface area contributed by atoms with Gasteiger partial charge in [-0.15, -0.1) is 0 Å². The van der Waals surface area contributed by atoms with E-state index in [4.69, 9.17) is 16.9 Å². The molecule has 3 rings (SSSR count). The molecule has 0 aliphatic heterocycles. The van der Waals surface area contributed by atoms with Gasteiger partial charge in [-0.2, -0.15) is 5.26 Å². The van der Waals surface area contributed by atoms with Crippen molar-refractivity contribution in [3.63, 3.8) is 0 Å². The van der Waals surface area contributed by atoms with Crippen LogP contribution in [-0.4, -0.2) is 39.7 Å². The van der Waals surface area contributed by atoms with E-state index in [0.717, 1.165) is 28.5 Å². The van der Waals surface area contributed by atoms with Crippen LogP contribution in [0.4, 0.5) is 8.78 Å². The van der Waals surface area contributed by atoms with Gasteiger partial charge in [0.1, 0.15) is 11.6 Å². The predicted molar refractivity (Wildman–Crippen MR) is 111 cm³/mol. The minimum absolute atomic E-state index is 0.0716. The third kappa shape index (κ3) is 4.61. The van der Waals surface area contributed by atoms with Crippen LogP contribution in [-0.2, 0) is 4.79 Å². The SMILES string of the molecule is CN(CCC#N)C(=O)CSc1nc2ccc(Cl)cc2c(=O)n1-c1ccc(F)cc1F. The topological polar surface area (TPSA) is 79.0 Å². The van der Waals surface area contributed by atoms with Gasteiger partial charge in [0.05, 0.1) is 34.8 Å². The fraction of sp³-hybridized carbons (Fsp3) is 0.200. The number of hydrogen-bond donors (Lipinski definition) is 0. The molecule has 0 fully saturated rings. The Hall–Kier alpha value is -2.96. The summed E-state index contributed by atoms with van der Waals surface area (Å²) in [5.74, 6) is -2.10. The maximum absolute atomic E-state index is 14.5. The quantitative estimate of drug-likeness (QED) is 0.423. The zero-order valence-corrected chi connectivity index (χ0v) is 17.3. The molecule has 10 heteroatoms. The average Bonchev–Trinajstić information content (AvgIpc) is 2.71. The smallest absolute Gasteiger partial charge is 0.266 e. The molecule has 6 nitrogen and oxygen atoms in total. The monoisotopic (exact) mass is 448 g/mol. The highest BCUT2D eigenvalue weighted by atomic mass is 35.5. The number of rotatable bonds is 6. The third-order valence-electron chi connectivity index (χ3n) is 4.26. The molecule has 0 radical (unpaired) electrons. The molecule has 0 spiro atoms.